The zero-order chi connectivity index (χ0) is 19.6. The van der Waals surface area contributed by atoms with Gasteiger partial charge in [-0.1, -0.05) is 23.9 Å². The van der Waals surface area contributed by atoms with Crippen molar-refractivity contribution < 1.29 is 32.2 Å². The van der Waals surface area contributed by atoms with Gasteiger partial charge in [-0.25, -0.2) is 17.6 Å². The van der Waals surface area contributed by atoms with Crippen molar-refractivity contribution in [2.75, 3.05) is 24.7 Å². The van der Waals surface area contributed by atoms with E-state index in [2.05, 4.69) is 4.99 Å². The average Bonchev–Trinajstić information content (AvgIpc) is 3.02. The SMILES string of the molecule is O=C(O)COCC(=O)N=C1SC2CS(=O)(=O)CC2N1Cc1ccc(F)cc1. The molecule has 0 aliphatic carbocycles. The van der Waals surface area contributed by atoms with E-state index in [0.717, 1.165) is 5.56 Å². The second kappa shape index (κ2) is 7.95. The number of hydrogen-bond donors (Lipinski definition) is 1. The van der Waals surface area contributed by atoms with Crippen LogP contribution in [0.5, 0.6) is 0 Å². The molecule has 2 saturated heterocycles. The largest absolute Gasteiger partial charge is 0.480 e. The molecular weight excluding hydrogens is 399 g/mol. The maximum absolute atomic E-state index is 13.1. The van der Waals surface area contributed by atoms with Crippen molar-refractivity contribution in [3.8, 4) is 0 Å². The molecule has 1 N–H and O–H groups in total. The Hall–Kier alpha value is -1.98. The number of carboxylic acid groups (broad SMARTS) is 1. The van der Waals surface area contributed by atoms with Crippen LogP contribution in [0, 0.1) is 5.82 Å². The normalized spacial score (nSPS) is 24.9. The molecule has 11 heteroatoms. The van der Waals surface area contributed by atoms with Gasteiger partial charge < -0.3 is 14.7 Å². The standard InChI is InChI=1S/C16H17FN2O6S2/c17-11-3-1-10(2-4-11)5-19-12-8-27(23,24)9-13(12)26-16(19)18-14(20)6-25-7-15(21)22/h1-4,12-13H,5-9H2,(H,21,22). The molecule has 2 atom stereocenters. The number of amidine groups is 1. The molecule has 0 saturated carbocycles. The molecule has 1 amide bonds. The summed E-state index contributed by atoms with van der Waals surface area (Å²) in [5, 5.41) is 8.66. The molecule has 1 aromatic rings. The summed E-state index contributed by atoms with van der Waals surface area (Å²) in [7, 11) is -3.17. The molecule has 3 rings (SSSR count). The number of benzene rings is 1. The Morgan fingerprint density at radius 3 is 2.63 bits per heavy atom. The van der Waals surface area contributed by atoms with Crippen molar-refractivity contribution >= 4 is 38.6 Å². The molecule has 2 aliphatic rings. The summed E-state index contributed by atoms with van der Waals surface area (Å²) < 4.78 is 41.8. The molecule has 0 radical (unpaired) electrons. The average molecular weight is 416 g/mol. The predicted molar refractivity (Wildman–Crippen MR) is 96.7 cm³/mol. The van der Waals surface area contributed by atoms with E-state index in [4.69, 9.17) is 9.84 Å². The number of fused-ring (bicyclic) bond motifs is 1. The first-order chi connectivity index (χ1) is 12.7. The first-order valence-electron chi connectivity index (χ1n) is 8.03. The van der Waals surface area contributed by atoms with Gasteiger partial charge in [-0.3, -0.25) is 4.79 Å². The predicted octanol–water partition coefficient (Wildman–Crippen LogP) is 0.524. The molecule has 2 heterocycles. The molecule has 146 valence electrons. The van der Waals surface area contributed by atoms with Crippen LogP contribution in [0.1, 0.15) is 5.56 Å². The summed E-state index contributed by atoms with van der Waals surface area (Å²) in [6.07, 6.45) is 0. The highest BCUT2D eigenvalue weighted by atomic mass is 32.2. The molecule has 0 spiro atoms. The van der Waals surface area contributed by atoms with Gasteiger partial charge in [0, 0.05) is 11.8 Å². The minimum absolute atomic E-state index is 0.00494. The maximum Gasteiger partial charge on any atom is 0.329 e. The van der Waals surface area contributed by atoms with Gasteiger partial charge in [0.2, 0.25) is 0 Å². The molecular formula is C16H17FN2O6S2. The van der Waals surface area contributed by atoms with E-state index in [9.17, 15) is 22.4 Å². The van der Waals surface area contributed by atoms with Crippen LogP contribution in [-0.4, -0.2) is 71.5 Å². The Kier molecular flexibility index (Phi) is 5.82. The fourth-order valence-corrected chi connectivity index (χ4v) is 6.94. The number of thioether (sulfide) groups is 1. The second-order valence-electron chi connectivity index (χ2n) is 6.23. The Labute approximate surface area is 159 Å². The lowest BCUT2D eigenvalue weighted by Gasteiger charge is -2.24. The zero-order valence-corrected chi connectivity index (χ0v) is 15.7. The highest BCUT2D eigenvalue weighted by Gasteiger charge is 2.48. The van der Waals surface area contributed by atoms with Gasteiger partial charge in [0.25, 0.3) is 5.91 Å². The lowest BCUT2D eigenvalue weighted by atomic mass is 10.1. The number of aliphatic carboxylic acids is 1. The lowest BCUT2D eigenvalue weighted by Crippen LogP contribution is -2.37. The number of ether oxygens (including phenoxy) is 1. The minimum Gasteiger partial charge on any atom is -0.480 e. The number of rotatable bonds is 6. The summed E-state index contributed by atoms with van der Waals surface area (Å²) in [6.45, 7) is -0.799. The van der Waals surface area contributed by atoms with Crippen LogP contribution in [-0.2, 0) is 30.7 Å². The van der Waals surface area contributed by atoms with Gasteiger partial charge in [-0.15, -0.1) is 0 Å². The summed E-state index contributed by atoms with van der Waals surface area (Å²) in [4.78, 5) is 28.1. The van der Waals surface area contributed by atoms with Gasteiger partial charge in [-0.2, -0.15) is 4.99 Å². The third-order valence-corrected chi connectivity index (χ3v) is 7.36. The molecule has 1 aromatic carbocycles. The molecule has 2 unspecified atom stereocenters. The Balaban J connectivity index is 1.77. The molecule has 8 nitrogen and oxygen atoms in total. The van der Waals surface area contributed by atoms with Crippen LogP contribution in [0.3, 0.4) is 0 Å². The number of hydrogen-bond acceptors (Lipinski definition) is 6. The first-order valence-corrected chi connectivity index (χ1v) is 10.7. The zero-order valence-electron chi connectivity index (χ0n) is 14.1. The van der Waals surface area contributed by atoms with Crippen molar-refractivity contribution in [1.82, 2.24) is 4.90 Å². The Bertz CT molecular complexity index is 871. The van der Waals surface area contributed by atoms with E-state index in [1.807, 2.05) is 0 Å². The van der Waals surface area contributed by atoms with Crippen molar-refractivity contribution in [1.29, 1.82) is 0 Å². The number of amides is 1. The quantitative estimate of drug-likeness (QED) is 0.714. The topological polar surface area (TPSA) is 113 Å². The van der Waals surface area contributed by atoms with Crippen LogP contribution >= 0.6 is 11.8 Å². The highest BCUT2D eigenvalue weighted by Crippen LogP contribution is 2.39. The number of carbonyl (C=O) groups is 2. The summed E-state index contributed by atoms with van der Waals surface area (Å²) >= 11 is 1.21. The van der Waals surface area contributed by atoms with Crippen LogP contribution in [0.4, 0.5) is 4.39 Å². The van der Waals surface area contributed by atoms with Crippen LogP contribution in [0.25, 0.3) is 0 Å². The first kappa shape index (κ1) is 19.8. The number of sulfone groups is 1. The third kappa shape index (κ3) is 5.05. The van der Waals surface area contributed by atoms with E-state index in [1.54, 1.807) is 17.0 Å². The van der Waals surface area contributed by atoms with Gasteiger partial charge >= 0.3 is 5.97 Å². The van der Waals surface area contributed by atoms with E-state index < -0.39 is 34.9 Å². The fraction of sp³-hybridized carbons (Fsp3) is 0.438. The van der Waals surface area contributed by atoms with Crippen LogP contribution < -0.4 is 0 Å². The maximum atomic E-state index is 13.1. The van der Waals surface area contributed by atoms with E-state index in [-0.39, 0.29) is 35.2 Å². The number of halogens is 1. The number of carboxylic acids is 1. The number of aliphatic imine (C=N–C) groups is 1. The summed E-state index contributed by atoms with van der Waals surface area (Å²) in [5.41, 5.74) is 0.754. The van der Waals surface area contributed by atoms with Gasteiger partial charge in [0.1, 0.15) is 19.0 Å². The van der Waals surface area contributed by atoms with E-state index in [0.29, 0.717) is 5.17 Å². The number of carbonyl (C=O) groups excluding carboxylic acids is 1. The van der Waals surface area contributed by atoms with Crippen LogP contribution in [0.2, 0.25) is 0 Å². The molecule has 27 heavy (non-hydrogen) atoms. The Morgan fingerprint density at radius 2 is 1.96 bits per heavy atom. The van der Waals surface area contributed by atoms with Crippen LogP contribution in [0.15, 0.2) is 29.3 Å². The van der Waals surface area contributed by atoms with Crippen molar-refractivity contribution in [3.05, 3.63) is 35.6 Å². The fourth-order valence-electron chi connectivity index (χ4n) is 2.97. The van der Waals surface area contributed by atoms with E-state index in [1.165, 1.54) is 23.9 Å². The van der Waals surface area contributed by atoms with Gasteiger partial charge in [0.15, 0.2) is 15.0 Å². The molecule has 2 fully saturated rings. The Morgan fingerprint density at radius 1 is 1.26 bits per heavy atom. The summed E-state index contributed by atoms with van der Waals surface area (Å²) in [5.74, 6) is -2.25. The summed E-state index contributed by atoms with van der Waals surface area (Å²) in [6, 6.07) is 5.47. The van der Waals surface area contributed by atoms with Gasteiger partial charge in [-0.05, 0) is 17.7 Å². The lowest BCUT2D eigenvalue weighted by molar-refractivity contribution is -0.143. The molecule has 0 aromatic heterocycles. The van der Waals surface area contributed by atoms with Crippen molar-refractivity contribution in [3.63, 3.8) is 0 Å². The highest BCUT2D eigenvalue weighted by molar-refractivity contribution is 8.15. The third-order valence-electron chi connectivity index (χ3n) is 4.11. The minimum atomic E-state index is -3.17. The second-order valence-corrected chi connectivity index (χ2v) is 9.59. The monoisotopic (exact) mass is 416 g/mol. The smallest absolute Gasteiger partial charge is 0.329 e. The molecule has 2 aliphatic heterocycles. The molecule has 0 bridgehead atoms. The van der Waals surface area contributed by atoms with E-state index >= 15 is 0 Å². The number of nitrogens with zero attached hydrogens (tertiary/aromatic N) is 2. The van der Waals surface area contributed by atoms with Crippen molar-refractivity contribution in [2.45, 2.75) is 17.8 Å². The van der Waals surface area contributed by atoms with Crippen molar-refractivity contribution in [2.24, 2.45) is 4.99 Å². The van der Waals surface area contributed by atoms with Gasteiger partial charge in [0.05, 0.1) is 17.5 Å².